The lowest BCUT2D eigenvalue weighted by atomic mass is 10.1. The van der Waals surface area contributed by atoms with E-state index in [1.807, 2.05) is 0 Å². The number of rotatable bonds is 5. The molecule has 14 heavy (non-hydrogen) atoms. The normalized spacial score (nSPS) is 27.7. The summed E-state index contributed by atoms with van der Waals surface area (Å²) >= 11 is 0. The molecule has 0 saturated carbocycles. The molecule has 2 atom stereocenters. The summed E-state index contributed by atoms with van der Waals surface area (Å²) in [6, 6.07) is 0.208. The van der Waals surface area contributed by atoms with Crippen LogP contribution in [0.2, 0.25) is 0 Å². The van der Waals surface area contributed by atoms with Crippen LogP contribution in [0.4, 0.5) is 0 Å². The standard InChI is InChI=1S/C10H21NO2S/c1-3-4-9(2)7-11-10-5-6-14(12,13)8-10/h9-11H,3-8H2,1-2H3/t9-,10+/m1/s1. The monoisotopic (exact) mass is 219 g/mol. The fourth-order valence-corrected chi connectivity index (χ4v) is 3.63. The molecule has 3 nitrogen and oxygen atoms in total. The highest BCUT2D eigenvalue weighted by Crippen LogP contribution is 2.12. The molecule has 4 heteroatoms. The Morgan fingerprint density at radius 3 is 2.71 bits per heavy atom. The van der Waals surface area contributed by atoms with Crippen molar-refractivity contribution in [1.82, 2.24) is 5.32 Å². The Kier molecular flexibility index (Phi) is 4.38. The minimum absolute atomic E-state index is 0.208. The molecule has 1 aliphatic rings. The van der Waals surface area contributed by atoms with Gasteiger partial charge in [-0.1, -0.05) is 20.3 Å². The lowest BCUT2D eigenvalue weighted by molar-refractivity contribution is 0.440. The van der Waals surface area contributed by atoms with Gasteiger partial charge in [0.25, 0.3) is 0 Å². The first-order valence-corrected chi connectivity index (χ1v) is 7.29. The van der Waals surface area contributed by atoms with Gasteiger partial charge < -0.3 is 5.32 Å². The zero-order valence-electron chi connectivity index (χ0n) is 9.12. The van der Waals surface area contributed by atoms with Gasteiger partial charge in [-0.2, -0.15) is 0 Å². The molecule has 0 radical (unpaired) electrons. The molecular formula is C10H21NO2S. The van der Waals surface area contributed by atoms with Crippen molar-refractivity contribution in [1.29, 1.82) is 0 Å². The van der Waals surface area contributed by atoms with Gasteiger partial charge in [0.05, 0.1) is 11.5 Å². The van der Waals surface area contributed by atoms with Crippen LogP contribution in [0.25, 0.3) is 0 Å². The molecule has 0 bridgehead atoms. The summed E-state index contributed by atoms with van der Waals surface area (Å²) in [5.41, 5.74) is 0. The first-order valence-electron chi connectivity index (χ1n) is 5.47. The van der Waals surface area contributed by atoms with Crippen LogP contribution in [0, 0.1) is 5.92 Å². The zero-order valence-corrected chi connectivity index (χ0v) is 9.94. The van der Waals surface area contributed by atoms with Gasteiger partial charge in [0.2, 0.25) is 0 Å². The summed E-state index contributed by atoms with van der Waals surface area (Å²) in [6.45, 7) is 5.34. The van der Waals surface area contributed by atoms with Crippen LogP contribution >= 0.6 is 0 Å². The summed E-state index contributed by atoms with van der Waals surface area (Å²) < 4.78 is 22.3. The average Bonchev–Trinajstić information content (AvgIpc) is 2.43. The molecule has 1 heterocycles. The first-order chi connectivity index (χ1) is 6.53. The van der Waals surface area contributed by atoms with E-state index in [4.69, 9.17) is 0 Å². The number of sulfone groups is 1. The third kappa shape index (κ3) is 3.96. The van der Waals surface area contributed by atoms with E-state index in [0.29, 0.717) is 17.4 Å². The minimum Gasteiger partial charge on any atom is -0.313 e. The molecule has 0 aliphatic carbocycles. The molecule has 1 fully saturated rings. The molecule has 0 aromatic carbocycles. The van der Waals surface area contributed by atoms with Crippen LogP contribution in [-0.2, 0) is 9.84 Å². The lowest BCUT2D eigenvalue weighted by Crippen LogP contribution is -2.33. The van der Waals surface area contributed by atoms with Gasteiger partial charge in [0.1, 0.15) is 0 Å². The predicted molar refractivity (Wildman–Crippen MR) is 59.1 cm³/mol. The molecule has 1 saturated heterocycles. The Bertz CT molecular complexity index is 261. The highest BCUT2D eigenvalue weighted by molar-refractivity contribution is 7.91. The minimum atomic E-state index is -2.72. The summed E-state index contributed by atoms with van der Waals surface area (Å²) in [7, 11) is -2.72. The first kappa shape index (κ1) is 12.0. The second-order valence-electron chi connectivity index (χ2n) is 4.40. The van der Waals surface area contributed by atoms with Crippen molar-refractivity contribution in [2.75, 3.05) is 18.1 Å². The largest absolute Gasteiger partial charge is 0.313 e. The molecule has 1 rings (SSSR count). The van der Waals surface area contributed by atoms with Crippen molar-refractivity contribution in [3.63, 3.8) is 0 Å². The van der Waals surface area contributed by atoms with Gasteiger partial charge in [-0.05, 0) is 25.3 Å². The fourth-order valence-electron chi connectivity index (χ4n) is 1.92. The number of hydrogen-bond donors (Lipinski definition) is 1. The quantitative estimate of drug-likeness (QED) is 0.756. The Morgan fingerprint density at radius 1 is 1.50 bits per heavy atom. The van der Waals surface area contributed by atoms with Crippen molar-refractivity contribution >= 4 is 9.84 Å². The third-order valence-corrected chi connectivity index (χ3v) is 4.54. The number of nitrogens with one attached hydrogen (secondary N) is 1. The molecular weight excluding hydrogens is 198 g/mol. The summed E-state index contributed by atoms with van der Waals surface area (Å²) in [5, 5.41) is 3.34. The lowest BCUT2D eigenvalue weighted by Gasteiger charge is -2.15. The molecule has 1 aliphatic heterocycles. The van der Waals surface area contributed by atoms with E-state index in [0.717, 1.165) is 13.0 Å². The molecule has 0 aromatic heterocycles. The van der Waals surface area contributed by atoms with Gasteiger partial charge in [-0.15, -0.1) is 0 Å². The van der Waals surface area contributed by atoms with E-state index in [1.54, 1.807) is 0 Å². The van der Waals surface area contributed by atoms with E-state index in [9.17, 15) is 8.42 Å². The van der Waals surface area contributed by atoms with Crippen LogP contribution in [-0.4, -0.2) is 32.5 Å². The van der Waals surface area contributed by atoms with Gasteiger partial charge in [-0.3, -0.25) is 0 Å². The Labute approximate surface area is 87.2 Å². The van der Waals surface area contributed by atoms with Crippen LogP contribution in [0.3, 0.4) is 0 Å². The maximum absolute atomic E-state index is 11.2. The van der Waals surface area contributed by atoms with Gasteiger partial charge in [0, 0.05) is 6.04 Å². The molecule has 84 valence electrons. The molecule has 0 amide bonds. The summed E-state index contributed by atoms with van der Waals surface area (Å²) in [6.07, 6.45) is 3.21. The Hall–Kier alpha value is -0.0900. The summed E-state index contributed by atoms with van der Waals surface area (Å²) in [5.74, 6) is 1.36. The molecule has 0 unspecified atom stereocenters. The van der Waals surface area contributed by atoms with Crippen molar-refractivity contribution in [3.8, 4) is 0 Å². The fraction of sp³-hybridized carbons (Fsp3) is 1.00. The average molecular weight is 219 g/mol. The maximum atomic E-state index is 11.2. The van der Waals surface area contributed by atoms with Crippen molar-refractivity contribution < 1.29 is 8.42 Å². The highest BCUT2D eigenvalue weighted by Gasteiger charge is 2.27. The zero-order chi connectivity index (χ0) is 10.6. The second-order valence-corrected chi connectivity index (χ2v) is 6.63. The summed E-state index contributed by atoms with van der Waals surface area (Å²) in [4.78, 5) is 0. The van der Waals surface area contributed by atoms with E-state index in [2.05, 4.69) is 19.2 Å². The van der Waals surface area contributed by atoms with Crippen LogP contribution in [0.15, 0.2) is 0 Å². The van der Waals surface area contributed by atoms with E-state index in [-0.39, 0.29) is 6.04 Å². The molecule has 0 spiro atoms. The van der Waals surface area contributed by atoms with Crippen molar-refractivity contribution in [2.45, 2.75) is 39.2 Å². The number of hydrogen-bond acceptors (Lipinski definition) is 3. The van der Waals surface area contributed by atoms with Crippen LogP contribution < -0.4 is 5.32 Å². The predicted octanol–water partition coefficient (Wildman–Crippen LogP) is 1.20. The van der Waals surface area contributed by atoms with Gasteiger partial charge in [0.15, 0.2) is 9.84 Å². The SMILES string of the molecule is CCC[C@@H](C)CN[C@H]1CCS(=O)(=O)C1. The van der Waals surface area contributed by atoms with Crippen LogP contribution in [0.5, 0.6) is 0 Å². The van der Waals surface area contributed by atoms with Crippen molar-refractivity contribution in [3.05, 3.63) is 0 Å². The van der Waals surface area contributed by atoms with Gasteiger partial charge >= 0.3 is 0 Å². The smallest absolute Gasteiger partial charge is 0.151 e. The Balaban J connectivity index is 2.20. The van der Waals surface area contributed by atoms with E-state index < -0.39 is 9.84 Å². The van der Waals surface area contributed by atoms with Gasteiger partial charge in [-0.25, -0.2) is 8.42 Å². The highest BCUT2D eigenvalue weighted by atomic mass is 32.2. The molecule has 0 aromatic rings. The van der Waals surface area contributed by atoms with E-state index >= 15 is 0 Å². The Morgan fingerprint density at radius 2 is 2.21 bits per heavy atom. The van der Waals surface area contributed by atoms with Crippen LogP contribution in [0.1, 0.15) is 33.1 Å². The second kappa shape index (κ2) is 5.12. The third-order valence-electron chi connectivity index (χ3n) is 2.77. The van der Waals surface area contributed by atoms with Crippen molar-refractivity contribution in [2.24, 2.45) is 5.92 Å². The van der Waals surface area contributed by atoms with E-state index in [1.165, 1.54) is 12.8 Å². The topological polar surface area (TPSA) is 46.2 Å². The maximum Gasteiger partial charge on any atom is 0.151 e. The molecule has 1 N–H and O–H groups in total.